The SMILES string of the molecule is CC(C)NCc1cc(Br)ccc1N(C)C(C)C(C)C. The van der Waals surface area contributed by atoms with Crippen LogP contribution in [0.25, 0.3) is 0 Å². The van der Waals surface area contributed by atoms with Crippen LogP contribution in [0.4, 0.5) is 5.69 Å². The first-order chi connectivity index (χ1) is 8.82. The number of halogens is 1. The van der Waals surface area contributed by atoms with Gasteiger partial charge in [0.25, 0.3) is 0 Å². The Morgan fingerprint density at radius 3 is 2.32 bits per heavy atom. The van der Waals surface area contributed by atoms with Gasteiger partial charge in [-0.3, -0.25) is 0 Å². The van der Waals surface area contributed by atoms with Gasteiger partial charge in [-0.15, -0.1) is 0 Å². The van der Waals surface area contributed by atoms with Gasteiger partial charge >= 0.3 is 0 Å². The van der Waals surface area contributed by atoms with Crippen LogP contribution >= 0.6 is 15.9 Å². The van der Waals surface area contributed by atoms with Crippen LogP contribution in [0.1, 0.15) is 40.2 Å². The van der Waals surface area contributed by atoms with Crippen LogP contribution in [-0.4, -0.2) is 19.1 Å². The molecule has 1 aromatic rings. The molecule has 0 aromatic heterocycles. The molecule has 1 N–H and O–H groups in total. The summed E-state index contributed by atoms with van der Waals surface area (Å²) >= 11 is 3.57. The van der Waals surface area contributed by atoms with Gasteiger partial charge in [0.05, 0.1) is 0 Å². The molecule has 19 heavy (non-hydrogen) atoms. The molecule has 0 bridgehead atoms. The third kappa shape index (κ3) is 4.81. The lowest BCUT2D eigenvalue weighted by Crippen LogP contribution is -2.34. The zero-order valence-electron chi connectivity index (χ0n) is 13.0. The van der Waals surface area contributed by atoms with E-state index in [1.54, 1.807) is 0 Å². The van der Waals surface area contributed by atoms with E-state index >= 15 is 0 Å². The molecule has 0 aliphatic rings. The zero-order valence-corrected chi connectivity index (χ0v) is 14.6. The largest absolute Gasteiger partial charge is 0.371 e. The standard InChI is InChI=1S/C16H27BrN2/c1-11(2)13(5)19(6)16-8-7-15(17)9-14(16)10-18-12(3)4/h7-9,11-13,18H,10H2,1-6H3. The molecular formula is C16H27BrN2. The lowest BCUT2D eigenvalue weighted by atomic mass is 10.0. The third-order valence-electron chi connectivity index (χ3n) is 3.70. The maximum atomic E-state index is 3.57. The molecule has 2 nitrogen and oxygen atoms in total. The van der Waals surface area contributed by atoms with Crippen LogP contribution in [0.5, 0.6) is 0 Å². The molecule has 1 atom stereocenters. The highest BCUT2D eigenvalue weighted by molar-refractivity contribution is 9.10. The quantitative estimate of drug-likeness (QED) is 0.832. The Morgan fingerprint density at radius 1 is 1.16 bits per heavy atom. The molecule has 1 unspecified atom stereocenters. The van der Waals surface area contributed by atoms with Crippen LogP contribution in [0.3, 0.4) is 0 Å². The van der Waals surface area contributed by atoms with E-state index < -0.39 is 0 Å². The fourth-order valence-electron chi connectivity index (χ4n) is 2.02. The van der Waals surface area contributed by atoms with Crippen molar-refractivity contribution in [1.82, 2.24) is 5.32 Å². The summed E-state index contributed by atoms with van der Waals surface area (Å²) in [7, 11) is 2.19. The minimum Gasteiger partial charge on any atom is -0.371 e. The molecule has 0 heterocycles. The van der Waals surface area contributed by atoms with E-state index in [4.69, 9.17) is 0 Å². The smallest absolute Gasteiger partial charge is 0.0412 e. The predicted molar refractivity (Wildman–Crippen MR) is 88.8 cm³/mol. The normalized spacial score (nSPS) is 13.1. The first kappa shape index (κ1) is 16.5. The van der Waals surface area contributed by atoms with Crippen LogP contribution in [-0.2, 0) is 6.54 Å². The molecule has 1 aromatic carbocycles. The maximum Gasteiger partial charge on any atom is 0.0412 e. The van der Waals surface area contributed by atoms with Crippen molar-refractivity contribution in [2.24, 2.45) is 5.92 Å². The van der Waals surface area contributed by atoms with Gasteiger partial charge in [0.2, 0.25) is 0 Å². The van der Waals surface area contributed by atoms with Gasteiger partial charge < -0.3 is 10.2 Å². The Hall–Kier alpha value is -0.540. The van der Waals surface area contributed by atoms with E-state index in [-0.39, 0.29) is 0 Å². The fourth-order valence-corrected chi connectivity index (χ4v) is 2.43. The highest BCUT2D eigenvalue weighted by Crippen LogP contribution is 2.27. The van der Waals surface area contributed by atoms with Gasteiger partial charge in [-0.05, 0) is 36.6 Å². The Bertz CT molecular complexity index is 402. The van der Waals surface area contributed by atoms with Crippen LogP contribution in [0.2, 0.25) is 0 Å². The summed E-state index contributed by atoms with van der Waals surface area (Å²) in [6.45, 7) is 12.1. The molecule has 0 saturated heterocycles. The summed E-state index contributed by atoms with van der Waals surface area (Å²) in [4.78, 5) is 2.38. The summed E-state index contributed by atoms with van der Waals surface area (Å²) in [6.07, 6.45) is 0. The predicted octanol–water partition coefficient (Wildman–Crippen LogP) is 4.43. The average molecular weight is 327 g/mol. The maximum absolute atomic E-state index is 3.57. The number of benzene rings is 1. The van der Waals surface area contributed by atoms with Gasteiger partial charge in [0.1, 0.15) is 0 Å². The topological polar surface area (TPSA) is 15.3 Å². The highest BCUT2D eigenvalue weighted by Gasteiger charge is 2.16. The first-order valence-corrected chi connectivity index (χ1v) is 7.86. The Labute approximate surface area is 126 Å². The van der Waals surface area contributed by atoms with Crippen molar-refractivity contribution in [3.63, 3.8) is 0 Å². The van der Waals surface area contributed by atoms with E-state index in [2.05, 4.69) is 86.0 Å². The second-order valence-electron chi connectivity index (χ2n) is 5.90. The molecular weight excluding hydrogens is 300 g/mol. The minimum atomic E-state index is 0.500. The van der Waals surface area contributed by atoms with Crippen LogP contribution in [0.15, 0.2) is 22.7 Å². The number of nitrogens with one attached hydrogen (secondary N) is 1. The van der Waals surface area contributed by atoms with Crippen molar-refractivity contribution in [2.45, 2.75) is 53.2 Å². The lowest BCUT2D eigenvalue weighted by Gasteiger charge is -2.32. The van der Waals surface area contributed by atoms with Crippen molar-refractivity contribution < 1.29 is 0 Å². The van der Waals surface area contributed by atoms with Gasteiger partial charge in [-0.2, -0.15) is 0 Å². The third-order valence-corrected chi connectivity index (χ3v) is 4.19. The monoisotopic (exact) mass is 326 g/mol. The van der Waals surface area contributed by atoms with Crippen molar-refractivity contribution in [1.29, 1.82) is 0 Å². The average Bonchev–Trinajstić information content (AvgIpc) is 2.34. The number of anilines is 1. The van der Waals surface area contributed by atoms with Crippen molar-refractivity contribution in [3.05, 3.63) is 28.2 Å². The Balaban J connectivity index is 2.98. The van der Waals surface area contributed by atoms with E-state index in [0.29, 0.717) is 18.0 Å². The summed E-state index contributed by atoms with van der Waals surface area (Å²) in [6, 6.07) is 7.57. The van der Waals surface area contributed by atoms with Gasteiger partial charge in [0.15, 0.2) is 0 Å². The molecule has 1 rings (SSSR count). The molecule has 0 saturated carbocycles. The number of hydrogen-bond acceptors (Lipinski definition) is 2. The van der Waals surface area contributed by atoms with E-state index in [9.17, 15) is 0 Å². The minimum absolute atomic E-state index is 0.500. The van der Waals surface area contributed by atoms with Gasteiger partial charge in [-0.25, -0.2) is 0 Å². The van der Waals surface area contributed by atoms with Crippen molar-refractivity contribution in [3.8, 4) is 0 Å². The van der Waals surface area contributed by atoms with E-state index in [1.807, 2.05) is 0 Å². The number of rotatable bonds is 6. The second-order valence-corrected chi connectivity index (χ2v) is 6.82. The highest BCUT2D eigenvalue weighted by atomic mass is 79.9. The number of hydrogen-bond donors (Lipinski definition) is 1. The summed E-state index contributed by atoms with van der Waals surface area (Å²) in [5, 5.41) is 3.50. The molecule has 0 aliphatic heterocycles. The fraction of sp³-hybridized carbons (Fsp3) is 0.625. The number of nitrogens with zero attached hydrogens (tertiary/aromatic N) is 1. The summed E-state index contributed by atoms with van der Waals surface area (Å²) < 4.78 is 1.14. The molecule has 0 spiro atoms. The van der Waals surface area contributed by atoms with Crippen LogP contribution in [0, 0.1) is 5.92 Å². The molecule has 0 radical (unpaired) electrons. The Morgan fingerprint density at radius 2 is 1.79 bits per heavy atom. The summed E-state index contributed by atoms with van der Waals surface area (Å²) in [5.74, 6) is 0.638. The molecule has 0 fully saturated rings. The first-order valence-electron chi connectivity index (χ1n) is 7.07. The lowest BCUT2D eigenvalue weighted by molar-refractivity contribution is 0.503. The molecule has 108 valence electrons. The molecule has 3 heteroatoms. The summed E-state index contributed by atoms with van der Waals surface area (Å²) in [5.41, 5.74) is 2.66. The molecule has 0 amide bonds. The van der Waals surface area contributed by atoms with Crippen LogP contribution < -0.4 is 10.2 Å². The van der Waals surface area contributed by atoms with Crippen molar-refractivity contribution in [2.75, 3.05) is 11.9 Å². The van der Waals surface area contributed by atoms with Gasteiger partial charge in [0, 0.05) is 35.8 Å². The zero-order chi connectivity index (χ0) is 14.6. The van der Waals surface area contributed by atoms with Crippen molar-refractivity contribution >= 4 is 21.6 Å². The Kier molecular flexibility index (Phi) is 6.34. The van der Waals surface area contributed by atoms with Gasteiger partial charge in [-0.1, -0.05) is 43.6 Å². The molecule has 0 aliphatic carbocycles. The van der Waals surface area contributed by atoms with E-state index in [0.717, 1.165) is 11.0 Å². The van der Waals surface area contributed by atoms with E-state index in [1.165, 1.54) is 11.3 Å². The second kappa shape index (κ2) is 7.30.